The normalized spacial score (nSPS) is 17.2. The lowest BCUT2D eigenvalue weighted by Crippen LogP contribution is -2.48. The zero-order valence-corrected chi connectivity index (χ0v) is 16.8. The summed E-state index contributed by atoms with van der Waals surface area (Å²) in [5, 5.41) is 14.8. The number of thiophene rings is 1. The van der Waals surface area contributed by atoms with Gasteiger partial charge in [-0.2, -0.15) is 0 Å². The number of aromatic nitrogens is 5. The van der Waals surface area contributed by atoms with Crippen molar-refractivity contribution in [2.24, 2.45) is 0 Å². The van der Waals surface area contributed by atoms with Gasteiger partial charge in [0.2, 0.25) is 0 Å². The third-order valence-electron chi connectivity index (χ3n) is 4.84. The van der Waals surface area contributed by atoms with Crippen molar-refractivity contribution in [3.05, 3.63) is 52.6 Å². The standard InChI is InChI=1S/C19H25N7S/c1-19(2,3)26-18(21-22-23-26)17(15-7-6-14-27-15)25-12-10-24(11-13-25)16-8-4-5-9-20-16/h4-9,14,17H,10-13H2,1-3H3/t17-/m0/s1. The minimum Gasteiger partial charge on any atom is -0.354 e. The van der Waals surface area contributed by atoms with Crippen molar-refractivity contribution >= 4 is 17.2 Å². The molecule has 1 aliphatic rings. The van der Waals surface area contributed by atoms with E-state index in [1.54, 1.807) is 11.3 Å². The molecule has 4 rings (SSSR count). The molecule has 1 fully saturated rings. The number of nitrogens with zero attached hydrogens (tertiary/aromatic N) is 7. The van der Waals surface area contributed by atoms with Crippen LogP contribution in [-0.4, -0.2) is 56.3 Å². The zero-order chi connectivity index (χ0) is 18.9. The number of hydrogen-bond acceptors (Lipinski definition) is 7. The van der Waals surface area contributed by atoms with Gasteiger partial charge in [0.15, 0.2) is 5.82 Å². The highest BCUT2D eigenvalue weighted by Crippen LogP contribution is 2.33. The fourth-order valence-corrected chi connectivity index (χ4v) is 4.36. The molecule has 0 saturated carbocycles. The molecule has 0 radical (unpaired) electrons. The molecule has 0 aromatic carbocycles. The maximum atomic E-state index is 4.49. The molecule has 0 spiro atoms. The van der Waals surface area contributed by atoms with Crippen LogP contribution in [0, 0.1) is 0 Å². The summed E-state index contributed by atoms with van der Waals surface area (Å²) in [6.45, 7) is 10.2. The number of pyridine rings is 1. The summed E-state index contributed by atoms with van der Waals surface area (Å²) in [7, 11) is 0. The summed E-state index contributed by atoms with van der Waals surface area (Å²) in [6.07, 6.45) is 1.85. The van der Waals surface area contributed by atoms with E-state index >= 15 is 0 Å². The van der Waals surface area contributed by atoms with Gasteiger partial charge in [-0.1, -0.05) is 12.1 Å². The van der Waals surface area contributed by atoms with Crippen LogP contribution in [0.2, 0.25) is 0 Å². The van der Waals surface area contributed by atoms with Gasteiger partial charge in [0, 0.05) is 37.3 Å². The molecule has 1 atom stereocenters. The van der Waals surface area contributed by atoms with Crippen molar-refractivity contribution < 1.29 is 0 Å². The summed E-state index contributed by atoms with van der Waals surface area (Å²) in [4.78, 5) is 10.6. The second kappa shape index (κ2) is 7.36. The van der Waals surface area contributed by atoms with Gasteiger partial charge in [0.25, 0.3) is 0 Å². The summed E-state index contributed by atoms with van der Waals surface area (Å²) >= 11 is 1.76. The summed E-state index contributed by atoms with van der Waals surface area (Å²) < 4.78 is 1.96. The number of rotatable bonds is 4. The maximum absolute atomic E-state index is 4.49. The molecule has 0 aliphatic carbocycles. The second-order valence-electron chi connectivity index (χ2n) is 7.75. The Kier molecular flexibility index (Phi) is 4.92. The minimum atomic E-state index is -0.163. The molecule has 0 bridgehead atoms. The van der Waals surface area contributed by atoms with E-state index in [1.807, 2.05) is 23.0 Å². The van der Waals surface area contributed by atoms with Crippen molar-refractivity contribution in [1.29, 1.82) is 0 Å². The van der Waals surface area contributed by atoms with Crippen LogP contribution in [-0.2, 0) is 5.54 Å². The van der Waals surface area contributed by atoms with E-state index in [-0.39, 0.29) is 11.6 Å². The van der Waals surface area contributed by atoms with Crippen molar-refractivity contribution in [2.75, 3.05) is 31.1 Å². The third kappa shape index (κ3) is 3.72. The van der Waals surface area contributed by atoms with Gasteiger partial charge in [0.1, 0.15) is 11.9 Å². The monoisotopic (exact) mass is 383 g/mol. The summed E-state index contributed by atoms with van der Waals surface area (Å²) in [5.74, 6) is 1.96. The van der Waals surface area contributed by atoms with Gasteiger partial charge < -0.3 is 4.90 Å². The molecule has 3 aromatic heterocycles. The SMILES string of the molecule is CC(C)(C)n1nnnc1[C@H](c1cccs1)N1CCN(c2ccccn2)CC1. The van der Waals surface area contributed by atoms with Crippen molar-refractivity contribution in [2.45, 2.75) is 32.4 Å². The fraction of sp³-hybridized carbons (Fsp3) is 0.474. The van der Waals surface area contributed by atoms with E-state index < -0.39 is 0 Å². The Morgan fingerprint density at radius 3 is 2.48 bits per heavy atom. The average Bonchev–Trinajstić information content (AvgIpc) is 3.36. The Bertz CT molecular complexity index is 846. The lowest BCUT2D eigenvalue weighted by atomic mass is 10.1. The highest BCUT2D eigenvalue weighted by molar-refractivity contribution is 7.10. The van der Waals surface area contributed by atoms with Crippen molar-refractivity contribution in [3.8, 4) is 0 Å². The molecule has 1 aliphatic heterocycles. The molecule has 0 N–H and O–H groups in total. The van der Waals surface area contributed by atoms with Gasteiger partial charge in [-0.25, -0.2) is 9.67 Å². The third-order valence-corrected chi connectivity index (χ3v) is 5.76. The van der Waals surface area contributed by atoms with Crippen LogP contribution in [0.3, 0.4) is 0 Å². The van der Waals surface area contributed by atoms with E-state index in [4.69, 9.17) is 0 Å². The van der Waals surface area contributed by atoms with Gasteiger partial charge in [-0.05, 0) is 54.8 Å². The molecule has 3 aromatic rings. The molecule has 4 heterocycles. The number of anilines is 1. The highest BCUT2D eigenvalue weighted by Gasteiger charge is 2.33. The van der Waals surface area contributed by atoms with Crippen molar-refractivity contribution in [1.82, 2.24) is 30.1 Å². The Morgan fingerprint density at radius 2 is 1.85 bits per heavy atom. The van der Waals surface area contributed by atoms with Crippen LogP contribution in [0.1, 0.15) is 37.5 Å². The van der Waals surface area contributed by atoms with Gasteiger partial charge in [0.05, 0.1) is 5.54 Å². The molecule has 0 unspecified atom stereocenters. The van der Waals surface area contributed by atoms with Crippen LogP contribution in [0.4, 0.5) is 5.82 Å². The van der Waals surface area contributed by atoms with Crippen LogP contribution >= 0.6 is 11.3 Å². The predicted octanol–water partition coefficient (Wildman–Crippen LogP) is 2.80. The van der Waals surface area contributed by atoms with Gasteiger partial charge >= 0.3 is 0 Å². The van der Waals surface area contributed by atoms with Crippen LogP contribution < -0.4 is 4.90 Å². The Morgan fingerprint density at radius 1 is 1.04 bits per heavy atom. The fourth-order valence-electron chi connectivity index (χ4n) is 3.51. The van der Waals surface area contributed by atoms with Gasteiger partial charge in [-0.3, -0.25) is 4.90 Å². The Hall–Kier alpha value is -2.32. The number of piperazine rings is 1. The Labute approximate surface area is 163 Å². The average molecular weight is 384 g/mol. The van der Waals surface area contributed by atoms with E-state index in [9.17, 15) is 0 Å². The quantitative estimate of drug-likeness (QED) is 0.690. The minimum absolute atomic E-state index is 0.0742. The largest absolute Gasteiger partial charge is 0.354 e. The number of hydrogen-bond donors (Lipinski definition) is 0. The molecule has 27 heavy (non-hydrogen) atoms. The first kappa shape index (κ1) is 18.1. The summed E-state index contributed by atoms with van der Waals surface area (Å²) in [6, 6.07) is 10.4. The Balaban J connectivity index is 1.60. The van der Waals surface area contributed by atoms with E-state index in [1.165, 1.54) is 4.88 Å². The smallest absolute Gasteiger partial charge is 0.174 e. The molecule has 7 nitrogen and oxygen atoms in total. The zero-order valence-electron chi connectivity index (χ0n) is 16.0. The highest BCUT2D eigenvalue weighted by atomic mass is 32.1. The van der Waals surface area contributed by atoms with Crippen molar-refractivity contribution in [3.63, 3.8) is 0 Å². The molecule has 1 saturated heterocycles. The van der Waals surface area contributed by atoms with Gasteiger partial charge in [-0.15, -0.1) is 16.4 Å². The van der Waals surface area contributed by atoms with E-state index in [0.29, 0.717) is 0 Å². The molecule has 0 amide bonds. The lowest BCUT2D eigenvalue weighted by molar-refractivity contribution is 0.193. The molecular weight excluding hydrogens is 358 g/mol. The van der Waals surface area contributed by atoms with Crippen LogP contribution in [0.15, 0.2) is 41.9 Å². The lowest BCUT2D eigenvalue weighted by Gasteiger charge is -2.39. The first-order chi connectivity index (χ1) is 13.0. The maximum Gasteiger partial charge on any atom is 0.174 e. The summed E-state index contributed by atoms with van der Waals surface area (Å²) in [5.41, 5.74) is -0.163. The first-order valence-electron chi connectivity index (χ1n) is 9.26. The molecule has 142 valence electrons. The van der Waals surface area contributed by atoms with Crippen LogP contribution in [0.5, 0.6) is 0 Å². The van der Waals surface area contributed by atoms with E-state index in [0.717, 1.165) is 37.8 Å². The predicted molar refractivity (Wildman–Crippen MR) is 107 cm³/mol. The molecular formula is C19H25N7S. The second-order valence-corrected chi connectivity index (χ2v) is 8.73. The van der Waals surface area contributed by atoms with Crippen LogP contribution in [0.25, 0.3) is 0 Å². The topological polar surface area (TPSA) is 63.0 Å². The van der Waals surface area contributed by atoms with E-state index in [2.05, 4.69) is 74.7 Å². The first-order valence-corrected chi connectivity index (χ1v) is 10.1. The number of tetrazole rings is 1. The molecule has 8 heteroatoms.